The minimum absolute atomic E-state index is 0.743. The van der Waals surface area contributed by atoms with Crippen LogP contribution < -0.4 is 10.2 Å². The second-order valence-electron chi connectivity index (χ2n) is 4.46. The Hall–Kier alpha value is -1.69. The molecule has 0 fully saturated rings. The van der Waals surface area contributed by atoms with Crippen LogP contribution in [0.2, 0.25) is 0 Å². The van der Waals surface area contributed by atoms with E-state index >= 15 is 0 Å². The zero-order valence-electron chi connectivity index (χ0n) is 10.4. The smallest absolute Gasteiger partial charge is 0.0992 e. The number of nitriles is 1. The lowest BCUT2D eigenvalue weighted by Crippen LogP contribution is -2.34. The first-order valence-electron chi connectivity index (χ1n) is 6.38. The number of hydrogen-bond donors (Lipinski definition) is 1. The second kappa shape index (κ2) is 5.58. The van der Waals surface area contributed by atoms with Crippen LogP contribution in [0, 0.1) is 11.3 Å². The van der Waals surface area contributed by atoms with Gasteiger partial charge in [-0.25, -0.2) is 0 Å². The molecule has 90 valence electrons. The molecular weight excluding hydrogens is 210 g/mol. The number of rotatable bonds is 4. The van der Waals surface area contributed by atoms with Crippen LogP contribution in [-0.2, 0) is 0 Å². The lowest BCUT2D eigenvalue weighted by atomic mass is 10.1. The van der Waals surface area contributed by atoms with Crippen LogP contribution in [-0.4, -0.2) is 19.6 Å². The van der Waals surface area contributed by atoms with Crippen molar-refractivity contribution in [1.29, 1.82) is 5.26 Å². The van der Waals surface area contributed by atoms with Crippen molar-refractivity contribution in [3.63, 3.8) is 0 Å². The van der Waals surface area contributed by atoms with Crippen molar-refractivity contribution >= 4 is 11.4 Å². The maximum atomic E-state index is 8.95. The number of unbranched alkanes of at least 4 members (excludes halogenated alkanes) is 2. The van der Waals surface area contributed by atoms with Crippen LogP contribution in [0.3, 0.4) is 0 Å². The van der Waals surface area contributed by atoms with Gasteiger partial charge >= 0.3 is 0 Å². The molecule has 0 aliphatic carbocycles. The van der Waals surface area contributed by atoms with E-state index in [1.54, 1.807) is 0 Å². The van der Waals surface area contributed by atoms with Gasteiger partial charge < -0.3 is 10.2 Å². The predicted octanol–water partition coefficient (Wildman–Crippen LogP) is 2.98. The van der Waals surface area contributed by atoms with Gasteiger partial charge in [-0.05, 0) is 24.6 Å². The Kier molecular flexibility index (Phi) is 3.87. The van der Waals surface area contributed by atoms with E-state index in [1.807, 2.05) is 18.2 Å². The highest BCUT2D eigenvalue weighted by Gasteiger charge is 2.16. The van der Waals surface area contributed by atoms with Gasteiger partial charge in [0, 0.05) is 19.6 Å². The fourth-order valence-electron chi connectivity index (χ4n) is 2.24. The van der Waals surface area contributed by atoms with Crippen molar-refractivity contribution in [3.8, 4) is 6.07 Å². The van der Waals surface area contributed by atoms with Crippen molar-refractivity contribution in [3.05, 3.63) is 23.8 Å². The number of anilines is 2. The summed E-state index contributed by atoms with van der Waals surface area (Å²) in [5.41, 5.74) is 3.09. The van der Waals surface area contributed by atoms with E-state index in [0.29, 0.717) is 0 Å². The van der Waals surface area contributed by atoms with Gasteiger partial charge in [-0.1, -0.05) is 19.8 Å². The number of fused-ring (bicyclic) bond motifs is 1. The lowest BCUT2D eigenvalue weighted by molar-refractivity contribution is 0.674. The molecule has 0 aromatic heterocycles. The highest BCUT2D eigenvalue weighted by molar-refractivity contribution is 5.73. The van der Waals surface area contributed by atoms with E-state index in [2.05, 4.69) is 23.2 Å². The standard InChI is InChI=1S/C14H19N3/c1-2-3-4-8-17-9-7-16-13-6-5-12(11-15)10-14(13)17/h5-6,10,16H,2-4,7-9H2,1H3. The summed E-state index contributed by atoms with van der Waals surface area (Å²) in [5.74, 6) is 0. The summed E-state index contributed by atoms with van der Waals surface area (Å²) >= 11 is 0. The minimum Gasteiger partial charge on any atom is -0.382 e. The second-order valence-corrected chi connectivity index (χ2v) is 4.46. The van der Waals surface area contributed by atoms with Crippen molar-refractivity contribution in [1.82, 2.24) is 0 Å². The molecule has 1 aromatic carbocycles. The number of benzene rings is 1. The molecule has 1 aliphatic rings. The van der Waals surface area contributed by atoms with E-state index in [4.69, 9.17) is 5.26 Å². The maximum absolute atomic E-state index is 8.95. The van der Waals surface area contributed by atoms with E-state index in [1.165, 1.54) is 24.9 Å². The zero-order valence-corrected chi connectivity index (χ0v) is 10.4. The van der Waals surface area contributed by atoms with Crippen LogP contribution in [0.25, 0.3) is 0 Å². The molecule has 0 amide bonds. The van der Waals surface area contributed by atoms with E-state index in [9.17, 15) is 0 Å². The molecule has 0 saturated heterocycles. The van der Waals surface area contributed by atoms with Gasteiger partial charge in [0.05, 0.1) is 23.0 Å². The van der Waals surface area contributed by atoms with Crippen molar-refractivity contribution in [2.75, 3.05) is 29.9 Å². The third-order valence-electron chi connectivity index (χ3n) is 3.20. The normalized spacial score (nSPS) is 13.8. The molecule has 1 aromatic rings. The number of hydrogen-bond acceptors (Lipinski definition) is 3. The molecule has 17 heavy (non-hydrogen) atoms. The van der Waals surface area contributed by atoms with Crippen LogP contribution in [0.15, 0.2) is 18.2 Å². The molecule has 2 rings (SSSR count). The first-order valence-corrected chi connectivity index (χ1v) is 6.38. The first kappa shape index (κ1) is 11.8. The Balaban J connectivity index is 2.14. The Labute approximate surface area is 103 Å². The molecular formula is C14H19N3. The SMILES string of the molecule is CCCCCN1CCNc2ccc(C#N)cc21. The molecule has 0 unspecified atom stereocenters. The highest BCUT2D eigenvalue weighted by Crippen LogP contribution is 2.30. The summed E-state index contributed by atoms with van der Waals surface area (Å²) in [4.78, 5) is 2.39. The highest BCUT2D eigenvalue weighted by atomic mass is 15.2. The summed E-state index contributed by atoms with van der Waals surface area (Å²) in [6.07, 6.45) is 3.75. The van der Waals surface area contributed by atoms with Crippen molar-refractivity contribution in [2.45, 2.75) is 26.2 Å². The van der Waals surface area contributed by atoms with Gasteiger partial charge in [-0.2, -0.15) is 5.26 Å². The van der Waals surface area contributed by atoms with Crippen LogP contribution in [0.5, 0.6) is 0 Å². The largest absolute Gasteiger partial charge is 0.382 e. The molecule has 0 atom stereocenters. The van der Waals surface area contributed by atoms with Crippen molar-refractivity contribution < 1.29 is 0 Å². The molecule has 0 bridgehead atoms. The molecule has 3 heteroatoms. The topological polar surface area (TPSA) is 39.1 Å². The zero-order chi connectivity index (χ0) is 12.1. The average Bonchev–Trinajstić information content (AvgIpc) is 2.39. The third kappa shape index (κ3) is 2.71. The quantitative estimate of drug-likeness (QED) is 0.807. The van der Waals surface area contributed by atoms with Crippen LogP contribution in [0.1, 0.15) is 31.7 Å². The van der Waals surface area contributed by atoms with Gasteiger partial charge in [-0.3, -0.25) is 0 Å². The Morgan fingerprint density at radius 3 is 3.06 bits per heavy atom. The van der Waals surface area contributed by atoms with Gasteiger partial charge in [0.15, 0.2) is 0 Å². The van der Waals surface area contributed by atoms with Gasteiger partial charge in [0.25, 0.3) is 0 Å². The minimum atomic E-state index is 0.743. The third-order valence-corrected chi connectivity index (χ3v) is 3.20. The Bertz CT molecular complexity index is 420. The van der Waals surface area contributed by atoms with Crippen molar-refractivity contribution in [2.24, 2.45) is 0 Å². The monoisotopic (exact) mass is 229 g/mol. The van der Waals surface area contributed by atoms with E-state index < -0.39 is 0 Å². The number of nitrogens with one attached hydrogen (secondary N) is 1. The number of nitrogens with zero attached hydrogens (tertiary/aromatic N) is 2. The summed E-state index contributed by atoms with van der Waals surface area (Å²) in [6.45, 7) is 5.34. The molecule has 3 nitrogen and oxygen atoms in total. The molecule has 1 aliphatic heterocycles. The summed E-state index contributed by atoms with van der Waals surface area (Å²) in [5, 5.41) is 12.3. The lowest BCUT2D eigenvalue weighted by Gasteiger charge is -2.32. The fraction of sp³-hybridized carbons (Fsp3) is 0.500. The molecule has 0 spiro atoms. The van der Waals surface area contributed by atoms with Gasteiger partial charge in [0.1, 0.15) is 0 Å². The molecule has 1 N–H and O–H groups in total. The molecule has 0 saturated carbocycles. The Morgan fingerprint density at radius 1 is 1.41 bits per heavy atom. The average molecular weight is 229 g/mol. The summed E-state index contributed by atoms with van der Waals surface area (Å²) < 4.78 is 0. The van der Waals surface area contributed by atoms with E-state index in [0.717, 1.165) is 30.9 Å². The summed E-state index contributed by atoms with van der Waals surface area (Å²) in [7, 11) is 0. The molecule has 0 radical (unpaired) electrons. The van der Waals surface area contributed by atoms with Crippen LogP contribution >= 0.6 is 0 Å². The van der Waals surface area contributed by atoms with Gasteiger partial charge in [-0.15, -0.1) is 0 Å². The predicted molar refractivity (Wildman–Crippen MR) is 71.4 cm³/mol. The maximum Gasteiger partial charge on any atom is 0.0992 e. The van der Waals surface area contributed by atoms with E-state index in [-0.39, 0.29) is 0 Å². The Morgan fingerprint density at radius 2 is 2.29 bits per heavy atom. The van der Waals surface area contributed by atoms with Gasteiger partial charge in [0.2, 0.25) is 0 Å². The molecule has 1 heterocycles. The first-order chi connectivity index (χ1) is 8.35. The fourth-order valence-corrected chi connectivity index (χ4v) is 2.24. The summed E-state index contributed by atoms with van der Waals surface area (Å²) in [6, 6.07) is 8.09. The van der Waals surface area contributed by atoms with Crippen LogP contribution in [0.4, 0.5) is 11.4 Å².